The summed E-state index contributed by atoms with van der Waals surface area (Å²) in [6.07, 6.45) is -0.983. The highest BCUT2D eigenvalue weighted by Crippen LogP contribution is 2.50. The molecule has 2 fully saturated rings. The van der Waals surface area contributed by atoms with E-state index in [1.54, 1.807) is 56.5 Å². The van der Waals surface area contributed by atoms with Gasteiger partial charge in [0.05, 0.1) is 31.6 Å². The lowest BCUT2D eigenvalue weighted by atomic mass is 9.90. The van der Waals surface area contributed by atoms with E-state index in [0.717, 1.165) is 5.69 Å². The van der Waals surface area contributed by atoms with Crippen LogP contribution in [0.3, 0.4) is 0 Å². The average Bonchev–Trinajstić information content (AvgIpc) is 3.37. The summed E-state index contributed by atoms with van der Waals surface area (Å²) in [5.41, 5.74) is 2.56. The number of hydrogen-bond acceptors (Lipinski definition) is 6. The van der Waals surface area contributed by atoms with Gasteiger partial charge >= 0.3 is 0 Å². The van der Waals surface area contributed by atoms with E-state index in [-0.39, 0.29) is 5.91 Å². The van der Waals surface area contributed by atoms with Gasteiger partial charge in [0.25, 0.3) is 5.91 Å². The van der Waals surface area contributed by atoms with Crippen molar-refractivity contribution in [2.24, 2.45) is 5.92 Å². The van der Waals surface area contributed by atoms with Gasteiger partial charge in [-0.3, -0.25) is 14.4 Å². The van der Waals surface area contributed by atoms with Crippen LogP contribution in [0.15, 0.2) is 66.7 Å². The maximum absolute atomic E-state index is 13.8. The summed E-state index contributed by atoms with van der Waals surface area (Å²) >= 11 is 6.29. The fourth-order valence-electron chi connectivity index (χ4n) is 4.67. The molecule has 3 atom stereocenters. The van der Waals surface area contributed by atoms with E-state index in [0.29, 0.717) is 33.3 Å². The molecule has 0 unspecified atom stereocenters. The lowest BCUT2D eigenvalue weighted by Crippen LogP contribution is -2.37. The topological polar surface area (TPSA) is 68.3 Å². The number of fused-ring (bicyclic) bond motifs is 1. The molecule has 3 aromatic carbocycles. The maximum atomic E-state index is 13.8. The number of para-hydroxylation sites is 1. The van der Waals surface area contributed by atoms with Crippen molar-refractivity contribution < 1.29 is 23.9 Å². The van der Waals surface area contributed by atoms with E-state index in [1.807, 2.05) is 36.4 Å². The first-order valence-electron chi connectivity index (χ1n) is 10.8. The minimum Gasteiger partial charge on any atom is -0.497 e. The van der Waals surface area contributed by atoms with Gasteiger partial charge in [0.1, 0.15) is 17.4 Å². The van der Waals surface area contributed by atoms with Crippen LogP contribution in [0.25, 0.3) is 0 Å². The highest BCUT2D eigenvalue weighted by atomic mass is 35.5. The lowest BCUT2D eigenvalue weighted by molar-refractivity contribution is -0.126. The van der Waals surface area contributed by atoms with Crippen LogP contribution >= 0.6 is 11.6 Å². The molecule has 0 saturated carbocycles. The Balaban J connectivity index is 1.64. The molecule has 34 heavy (non-hydrogen) atoms. The number of nitrogens with zero attached hydrogens (tertiary/aromatic N) is 2. The Kier molecular flexibility index (Phi) is 5.67. The third kappa shape index (κ3) is 3.40. The maximum Gasteiger partial charge on any atom is 0.266 e. The first kappa shape index (κ1) is 22.3. The van der Waals surface area contributed by atoms with Crippen LogP contribution in [-0.4, -0.2) is 32.1 Å². The minimum absolute atomic E-state index is 0.346. The number of amides is 2. The van der Waals surface area contributed by atoms with Crippen molar-refractivity contribution in [3.63, 3.8) is 0 Å². The zero-order valence-corrected chi connectivity index (χ0v) is 19.7. The van der Waals surface area contributed by atoms with Crippen molar-refractivity contribution in [3.8, 4) is 11.5 Å². The molecule has 3 aromatic rings. The zero-order chi connectivity index (χ0) is 24.0. The molecule has 2 saturated heterocycles. The number of hydrogen-bond donors (Lipinski definition) is 0. The SMILES string of the molecule is COc1ccc([C@H]2[C@@H]3C(=O)N(c4cccc(Cl)c4C)C(=O)[C@H]3ON2c2ccccc2)c(OC)c1. The first-order valence-corrected chi connectivity index (χ1v) is 11.2. The molecular weight excluding hydrogens is 456 g/mol. The Bertz CT molecular complexity index is 1270. The van der Waals surface area contributed by atoms with Crippen molar-refractivity contribution in [3.05, 3.63) is 82.9 Å². The molecule has 174 valence electrons. The fraction of sp³-hybridized carbons (Fsp3) is 0.231. The van der Waals surface area contributed by atoms with Gasteiger partial charge in [0, 0.05) is 16.7 Å². The van der Waals surface area contributed by atoms with Gasteiger partial charge in [0.2, 0.25) is 5.91 Å². The Morgan fingerprint density at radius 1 is 0.912 bits per heavy atom. The molecule has 5 rings (SSSR count). The van der Waals surface area contributed by atoms with Gasteiger partial charge < -0.3 is 9.47 Å². The smallest absolute Gasteiger partial charge is 0.266 e. The summed E-state index contributed by atoms with van der Waals surface area (Å²) in [6.45, 7) is 1.79. The standard InChI is InChI=1S/C26H23ClN2O5/c1-15-19(27)10-7-11-20(15)28-25(30)22-23(18-13-12-17(32-2)14-21(18)33-3)29(34-24(22)26(28)31)16-8-5-4-6-9-16/h4-14,22-24H,1-3H3/t22-,23-,24-/m0/s1. The van der Waals surface area contributed by atoms with Crippen LogP contribution in [0.2, 0.25) is 5.02 Å². The van der Waals surface area contributed by atoms with Crippen LogP contribution in [-0.2, 0) is 14.4 Å². The molecule has 0 N–H and O–H groups in total. The van der Waals surface area contributed by atoms with Gasteiger partial charge in [-0.1, -0.05) is 35.9 Å². The monoisotopic (exact) mass is 478 g/mol. The quantitative estimate of drug-likeness (QED) is 0.494. The summed E-state index contributed by atoms with van der Waals surface area (Å²) in [5, 5.41) is 2.12. The second kappa shape index (κ2) is 8.66. The number of methoxy groups -OCH3 is 2. The molecule has 2 aliphatic heterocycles. The molecule has 2 heterocycles. The molecule has 7 nitrogen and oxygen atoms in total. The van der Waals surface area contributed by atoms with Crippen LogP contribution < -0.4 is 19.4 Å². The number of carbonyl (C=O) groups is 2. The third-order valence-corrected chi connectivity index (χ3v) is 6.77. The van der Waals surface area contributed by atoms with Crippen LogP contribution in [0.1, 0.15) is 17.2 Å². The number of carbonyl (C=O) groups excluding carboxylic acids is 2. The summed E-state index contributed by atoms with van der Waals surface area (Å²) in [5.74, 6) is -0.397. The first-order chi connectivity index (χ1) is 16.5. The highest BCUT2D eigenvalue weighted by Gasteiger charge is 2.61. The molecule has 0 bridgehead atoms. The summed E-state index contributed by atoms with van der Waals surface area (Å²) in [6, 6.07) is 19.4. The molecular formula is C26H23ClN2O5. The summed E-state index contributed by atoms with van der Waals surface area (Å²) in [4.78, 5) is 34.8. The third-order valence-electron chi connectivity index (χ3n) is 6.37. The van der Waals surface area contributed by atoms with Crippen LogP contribution in [0.4, 0.5) is 11.4 Å². The number of imide groups is 1. The van der Waals surface area contributed by atoms with E-state index < -0.39 is 24.0 Å². The Morgan fingerprint density at radius 3 is 2.38 bits per heavy atom. The molecule has 0 spiro atoms. The summed E-state index contributed by atoms with van der Waals surface area (Å²) < 4.78 is 11.0. The Hall–Kier alpha value is -3.55. The average molecular weight is 479 g/mol. The van der Waals surface area contributed by atoms with Gasteiger partial charge in [-0.2, -0.15) is 0 Å². The zero-order valence-electron chi connectivity index (χ0n) is 18.9. The lowest BCUT2D eigenvalue weighted by Gasteiger charge is -2.30. The van der Waals surface area contributed by atoms with Crippen molar-refractivity contribution in [1.29, 1.82) is 0 Å². The molecule has 2 amide bonds. The van der Waals surface area contributed by atoms with E-state index in [4.69, 9.17) is 25.9 Å². The fourth-order valence-corrected chi connectivity index (χ4v) is 4.84. The Morgan fingerprint density at radius 2 is 1.68 bits per heavy atom. The molecule has 0 aliphatic carbocycles. The molecule has 0 aromatic heterocycles. The number of halogens is 1. The van der Waals surface area contributed by atoms with Gasteiger partial charge in [0.15, 0.2) is 6.10 Å². The van der Waals surface area contributed by atoms with Gasteiger partial charge in [-0.05, 0) is 48.9 Å². The normalized spacial score (nSPS) is 21.7. The molecule has 8 heteroatoms. The Labute approximate surface area is 202 Å². The van der Waals surface area contributed by atoms with Gasteiger partial charge in [-0.25, -0.2) is 9.96 Å². The van der Waals surface area contributed by atoms with E-state index in [2.05, 4.69) is 0 Å². The number of rotatable bonds is 5. The van der Waals surface area contributed by atoms with Gasteiger partial charge in [-0.15, -0.1) is 0 Å². The van der Waals surface area contributed by atoms with Crippen LogP contribution in [0, 0.1) is 12.8 Å². The largest absolute Gasteiger partial charge is 0.497 e. The summed E-state index contributed by atoms with van der Waals surface area (Å²) in [7, 11) is 3.13. The predicted octanol–water partition coefficient (Wildman–Crippen LogP) is 4.72. The van der Waals surface area contributed by atoms with Crippen molar-refractivity contribution in [2.45, 2.75) is 19.1 Å². The molecule has 0 radical (unpaired) electrons. The minimum atomic E-state index is -0.983. The highest BCUT2D eigenvalue weighted by molar-refractivity contribution is 6.32. The van der Waals surface area contributed by atoms with E-state index >= 15 is 0 Å². The number of anilines is 2. The van der Waals surface area contributed by atoms with Crippen molar-refractivity contribution in [2.75, 3.05) is 24.2 Å². The van der Waals surface area contributed by atoms with E-state index in [9.17, 15) is 9.59 Å². The molecule has 2 aliphatic rings. The number of ether oxygens (including phenoxy) is 2. The second-order valence-corrected chi connectivity index (χ2v) is 8.57. The second-order valence-electron chi connectivity index (χ2n) is 8.16. The van der Waals surface area contributed by atoms with Crippen molar-refractivity contribution >= 4 is 34.8 Å². The number of hydroxylamine groups is 1. The predicted molar refractivity (Wildman–Crippen MR) is 128 cm³/mol. The van der Waals surface area contributed by atoms with Crippen molar-refractivity contribution in [1.82, 2.24) is 0 Å². The number of benzene rings is 3. The van der Waals surface area contributed by atoms with Crippen LogP contribution in [0.5, 0.6) is 11.5 Å². The van der Waals surface area contributed by atoms with E-state index in [1.165, 1.54) is 4.90 Å².